The van der Waals surface area contributed by atoms with Gasteiger partial charge in [-0.15, -0.1) is 0 Å². The van der Waals surface area contributed by atoms with Gasteiger partial charge in [0.15, 0.2) is 23.0 Å². The van der Waals surface area contributed by atoms with Crippen LogP contribution in [-0.2, 0) is 0 Å². The van der Waals surface area contributed by atoms with Gasteiger partial charge in [0.1, 0.15) is 0 Å². The van der Waals surface area contributed by atoms with E-state index in [1.54, 1.807) is 28.4 Å². The number of aromatic nitrogens is 1. The average molecular weight is 361 g/mol. The van der Waals surface area contributed by atoms with Crippen molar-refractivity contribution in [2.75, 3.05) is 28.4 Å². The molecular weight excluding hydrogens is 342 g/mol. The quantitative estimate of drug-likeness (QED) is 0.678. The Morgan fingerprint density at radius 3 is 1.80 bits per heavy atom. The maximum Gasteiger partial charge on any atom is 0.161 e. The van der Waals surface area contributed by atoms with Gasteiger partial charge in [0.2, 0.25) is 0 Å². The molecule has 3 aromatic rings. The van der Waals surface area contributed by atoms with Crippen LogP contribution in [0.3, 0.4) is 0 Å². The lowest BCUT2D eigenvalue weighted by molar-refractivity contribution is -0.00000591. The van der Waals surface area contributed by atoms with Crippen molar-refractivity contribution in [2.24, 2.45) is 0 Å². The summed E-state index contributed by atoms with van der Waals surface area (Å²) in [6.07, 6.45) is 1.82. The van der Waals surface area contributed by atoms with E-state index in [0.29, 0.717) is 23.0 Å². The maximum absolute atomic E-state index is 5.37. The van der Waals surface area contributed by atoms with Crippen LogP contribution in [0.25, 0.3) is 22.0 Å². The van der Waals surface area contributed by atoms with E-state index in [-0.39, 0.29) is 12.4 Å². The van der Waals surface area contributed by atoms with Crippen LogP contribution in [0.1, 0.15) is 0 Å². The predicted octanol–water partition coefficient (Wildman–Crippen LogP) is 0.940. The van der Waals surface area contributed by atoms with E-state index in [4.69, 9.17) is 18.9 Å². The van der Waals surface area contributed by atoms with E-state index in [1.807, 2.05) is 42.6 Å². The molecule has 0 N–H and O–H groups in total. The molecule has 0 spiro atoms. The summed E-state index contributed by atoms with van der Waals surface area (Å²) in [5.74, 6) is 2.73. The highest BCUT2D eigenvalue weighted by Crippen LogP contribution is 2.35. The first-order valence-corrected chi connectivity index (χ1v) is 7.44. The molecule has 6 heteroatoms. The van der Waals surface area contributed by atoms with Gasteiger partial charge >= 0.3 is 0 Å². The number of hydrogen-bond donors (Lipinski definition) is 0. The van der Waals surface area contributed by atoms with Gasteiger partial charge in [0, 0.05) is 17.1 Å². The monoisotopic (exact) mass is 360 g/mol. The molecule has 2 aromatic carbocycles. The van der Waals surface area contributed by atoms with E-state index in [2.05, 4.69) is 4.98 Å². The van der Waals surface area contributed by atoms with Crippen molar-refractivity contribution in [1.29, 1.82) is 0 Å². The molecule has 0 fully saturated rings. The van der Waals surface area contributed by atoms with E-state index < -0.39 is 0 Å². The van der Waals surface area contributed by atoms with Crippen molar-refractivity contribution in [2.45, 2.75) is 0 Å². The van der Waals surface area contributed by atoms with Crippen molar-refractivity contribution < 1.29 is 31.4 Å². The Kier molecular flexibility index (Phi) is 5.93. The number of rotatable bonds is 5. The molecule has 3 rings (SSSR count). The van der Waals surface area contributed by atoms with Gasteiger partial charge in [0.25, 0.3) is 0 Å². The van der Waals surface area contributed by atoms with Crippen LogP contribution >= 0.6 is 0 Å². The van der Waals surface area contributed by atoms with Crippen molar-refractivity contribution in [3.05, 3.63) is 42.6 Å². The molecule has 0 amide bonds. The lowest BCUT2D eigenvalue weighted by atomic mass is 10.1. The summed E-state index contributed by atoms with van der Waals surface area (Å²) in [5.41, 5.74) is 1.79. The lowest BCUT2D eigenvalue weighted by Crippen LogP contribution is -3.00. The minimum atomic E-state index is 0. The highest BCUT2D eigenvalue weighted by molar-refractivity contribution is 5.88. The van der Waals surface area contributed by atoms with E-state index in [0.717, 1.165) is 22.0 Å². The van der Waals surface area contributed by atoms with Crippen LogP contribution < -0.4 is 31.4 Å². The Morgan fingerprint density at radius 2 is 1.20 bits per heavy atom. The fourth-order valence-electron chi connectivity index (χ4n) is 2.62. The van der Waals surface area contributed by atoms with E-state index in [1.165, 1.54) is 0 Å². The largest absolute Gasteiger partial charge is 1.00 e. The molecule has 0 saturated carbocycles. The Labute approximate surface area is 152 Å². The van der Waals surface area contributed by atoms with Gasteiger partial charge in [-0.3, -0.25) is 4.98 Å². The fourth-order valence-corrected chi connectivity index (χ4v) is 2.62. The third kappa shape index (κ3) is 3.56. The number of ether oxygens (including phenoxy) is 4. The Morgan fingerprint density at radius 1 is 0.640 bits per heavy atom. The molecule has 0 saturated heterocycles. The third-order valence-electron chi connectivity index (χ3n) is 3.90. The number of benzene rings is 2. The van der Waals surface area contributed by atoms with Crippen molar-refractivity contribution >= 4 is 10.8 Å². The van der Waals surface area contributed by atoms with Gasteiger partial charge in [-0.1, -0.05) is 0 Å². The Bertz CT molecular complexity index is 883. The number of methoxy groups -OCH3 is 4. The van der Waals surface area contributed by atoms with Gasteiger partial charge < -0.3 is 31.4 Å². The summed E-state index contributed by atoms with van der Waals surface area (Å²) in [5, 5.41) is 2.00. The second-order valence-electron chi connectivity index (χ2n) is 5.19. The van der Waals surface area contributed by atoms with Gasteiger partial charge in [-0.2, -0.15) is 0 Å². The first kappa shape index (κ1) is 18.7. The fraction of sp³-hybridized carbons (Fsp3) is 0.211. The molecule has 0 bridgehead atoms. The normalized spacial score (nSPS) is 10.1. The highest BCUT2D eigenvalue weighted by atomic mass is 35.5. The Balaban J connectivity index is 0.00000225. The maximum atomic E-state index is 5.37. The SMILES string of the molecule is COc1ccc(-c2cc3cc(OC)c(OC)cc3cn2)cc1OC.[Cl-]. The van der Waals surface area contributed by atoms with E-state index >= 15 is 0 Å². The van der Waals surface area contributed by atoms with Crippen LogP contribution in [0, 0.1) is 0 Å². The zero-order chi connectivity index (χ0) is 17.1. The number of fused-ring (bicyclic) bond motifs is 1. The van der Waals surface area contributed by atoms with Crippen LogP contribution in [0.4, 0.5) is 0 Å². The van der Waals surface area contributed by atoms with Gasteiger partial charge in [-0.05, 0) is 41.8 Å². The second-order valence-corrected chi connectivity index (χ2v) is 5.19. The molecule has 0 aliphatic carbocycles. The first-order valence-electron chi connectivity index (χ1n) is 7.44. The average Bonchev–Trinajstić information content (AvgIpc) is 2.65. The lowest BCUT2D eigenvalue weighted by Gasteiger charge is -2.11. The number of pyridine rings is 1. The zero-order valence-corrected chi connectivity index (χ0v) is 15.3. The molecule has 25 heavy (non-hydrogen) atoms. The molecule has 5 nitrogen and oxygen atoms in total. The summed E-state index contributed by atoms with van der Waals surface area (Å²) in [4.78, 5) is 4.55. The summed E-state index contributed by atoms with van der Waals surface area (Å²) in [7, 11) is 6.48. The summed E-state index contributed by atoms with van der Waals surface area (Å²) < 4.78 is 21.3. The second kappa shape index (κ2) is 7.94. The highest BCUT2D eigenvalue weighted by Gasteiger charge is 2.10. The zero-order valence-electron chi connectivity index (χ0n) is 14.5. The molecule has 1 aromatic heterocycles. The first-order chi connectivity index (χ1) is 11.7. The van der Waals surface area contributed by atoms with Crippen LogP contribution in [0.5, 0.6) is 23.0 Å². The topological polar surface area (TPSA) is 49.8 Å². The minimum absolute atomic E-state index is 0. The smallest absolute Gasteiger partial charge is 0.161 e. The van der Waals surface area contributed by atoms with Crippen molar-refractivity contribution in [1.82, 2.24) is 4.98 Å². The molecule has 0 unspecified atom stereocenters. The van der Waals surface area contributed by atoms with Crippen LogP contribution in [0.2, 0.25) is 0 Å². The third-order valence-corrected chi connectivity index (χ3v) is 3.90. The van der Waals surface area contributed by atoms with Crippen LogP contribution in [0.15, 0.2) is 42.6 Å². The molecular formula is C19H19ClNO4-. The number of halogens is 1. The molecule has 132 valence electrons. The summed E-state index contributed by atoms with van der Waals surface area (Å²) in [6, 6.07) is 11.6. The molecule has 0 aliphatic rings. The predicted molar refractivity (Wildman–Crippen MR) is 93.4 cm³/mol. The molecule has 0 radical (unpaired) electrons. The summed E-state index contributed by atoms with van der Waals surface area (Å²) >= 11 is 0. The Hall–Kier alpha value is -2.66. The van der Waals surface area contributed by atoms with Crippen LogP contribution in [-0.4, -0.2) is 33.4 Å². The molecule has 0 atom stereocenters. The van der Waals surface area contributed by atoms with Gasteiger partial charge in [0.05, 0.1) is 34.1 Å². The number of nitrogens with zero attached hydrogens (tertiary/aromatic N) is 1. The number of hydrogen-bond acceptors (Lipinski definition) is 5. The summed E-state index contributed by atoms with van der Waals surface area (Å²) in [6.45, 7) is 0. The van der Waals surface area contributed by atoms with E-state index in [9.17, 15) is 0 Å². The van der Waals surface area contributed by atoms with Crippen molar-refractivity contribution in [3.63, 3.8) is 0 Å². The molecule has 0 aliphatic heterocycles. The van der Waals surface area contributed by atoms with Gasteiger partial charge in [-0.25, -0.2) is 0 Å². The standard InChI is InChI=1S/C19H19NO4.ClH/c1-21-16-6-5-12(8-17(16)22-2)15-7-13-9-18(23-3)19(24-4)10-14(13)11-20-15;/h5-11H,1-4H3;1H/p-1. The molecule has 1 heterocycles. The minimum Gasteiger partial charge on any atom is -1.00 e. The van der Waals surface area contributed by atoms with Crippen molar-refractivity contribution in [3.8, 4) is 34.3 Å².